The minimum atomic E-state index is -3.66. The summed E-state index contributed by atoms with van der Waals surface area (Å²) in [6.45, 7) is 0.190. The molecule has 1 aromatic rings. The standard InChI is InChI=1S/C9H13N3O2S2/c1-12(16(11,13)14)6-7-3-2-4-8(5-7)9(10)15/h2-5H,6H2,1H3,(H2,10,15)(H2,11,13,14). The molecule has 0 unspecified atom stereocenters. The van der Waals surface area contributed by atoms with Crippen LogP contribution in [0.25, 0.3) is 0 Å². The van der Waals surface area contributed by atoms with Gasteiger partial charge in [0.05, 0.1) is 0 Å². The molecular formula is C9H13N3O2S2. The van der Waals surface area contributed by atoms with Crippen LogP contribution < -0.4 is 10.9 Å². The zero-order valence-corrected chi connectivity index (χ0v) is 10.4. The van der Waals surface area contributed by atoms with Crippen LogP contribution in [0.4, 0.5) is 0 Å². The van der Waals surface area contributed by atoms with Crippen LogP contribution in [0.15, 0.2) is 24.3 Å². The summed E-state index contributed by atoms with van der Waals surface area (Å²) >= 11 is 4.83. The lowest BCUT2D eigenvalue weighted by atomic mass is 10.1. The topological polar surface area (TPSA) is 89.4 Å². The van der Waals surface area contributed by atoms with Crippen molar-refractivity contribution in [2.45, 2.75) is 6.54 Å². The first-order chi connectivity index (χ1) is 7.30. The number of hydrogen-bond donors (Lipinski definition) is 2. The molecule has 0 heterocycles. The van der Waals surface area contributed by atoms with Gasteiger partial charge in [0.25, 0.3) is 10.2 Å². The molecule has 16 heavy (non-hydrogen) atoms. The van der Waals surface area contributed by atoms with Crippen molar-refractivity contribution in [1.82, 2.24) is 4.31 Å². The molecule has 4 N–H and O–H groups in total. The van der Waals surface area contributed by atoms with Crippen LogP contribution in [0.3, 0.4) is 0 Å². The highest BCUT2D eigenvalue weighted by molar-refractivity contribution is 7.86. The van der Waals surface area contributed by atoms with Crippen molar-refractivity contribution >= 4 is 27.4 Å². The molecule has 0 saturated carbocycles. The fourth-order valence-corrected chi connectivity index (χ4v) is 1.63. The summed E-state index contributed by atoms with van der Waals surface area (Å²) in [5.74, 6) is 0. The predicted molar refractivity (Wildman–Crippen MR) is 66.9 cm³/mol. The van der Waals surface area contributed by atoms with Crippen LogP contribution in [-0.2, 0) is 16.8 Å². The van der Waals surface area contributed by atoms with Crippen LogP contribution in [0.2, 0.25) is 0 Å². The Bertz CT molecular complexity index is 499. The van der Waals surface area contributed by atoms with E-state index in [1.807, 2.05) is 0 Å². The van der Waals surface area contributed by atoms with E-state index in [2.05, 4.69) is 0 Å². The first-order valence-corrected chi connectivity index (χ1v) is 6.34. The van der Waals surface area contributed by atoms with Crippen molar-refractivity contribution in [3.8, 4) is 0 Å². The Labute approximate surface area is 100 Å². The Morgan fingerprint density at radius 1 is 1.50 bits per heavy atom. The minimum Gasteiger partial charge on any atom is -0.389 e. The fraction of sp³-hybridized carbons (Fsp3) is 0.222. The van der Waals surface area contributed by atoms with E-state index in [1.54, 1.807) is 24.3 Å². The molecule has 0 bridgehead atoms. The highest BCUT2D eigenvalue weighted by atomic mass is 32.2. The zero-order valence-electron chi connectivity index (χ0n) is 8.75. The van der Waals surface area contributed by atoms with Gasteiger partial charge in [-0.25, -0.2) is 5.14 Å². The van der Waals surface area contributed by atoms with E-state index in [0.29, 0.717) is 5.56 Å². The van der Waals surface area contributed by atoms with Crippen LogP contribution in [0, 0.1) is 0 Å². The van der Waals surface area contributed by atoms with E-state index < -0.39 is 10.2 Å². The molecule has 0 radical (unpaired) electrons. The van der Waals surface area contributed by atoms with Gasteiger partial charge in [-0.05, 0) is 11.6 Å². The number of thiocarbonyl (C=S) groups is 1. The first kappa shape index (κ1) is 13.0. The van der Waals surface area contributed by atoms with Gasteiger partial charge in [-0.15, -0.1) is 0 Å². The Hall–Kier alpha value is -1.02. The second kappa shape index (κ2) is 4.88. The highest BCUT2D eigenvalue weighted by Gasteiger charge is 2.12. The maximum Gasteiger partial charge on any atom is 0.276 e. The highest BCUT2D eigenvalue weighted by Crippen LogP contribution is 2.08. The van der Waals surface area contributed by atoms with Gasteiger partial charge in [-0.2, -0.15) is 12.7 Å². The van der Waals surface area contributed by atoms with Crippen molar-refractivity contribution in [3.63, 3.8) is 0 Å². The fourth-order valence-electron chi connectivity index (χ4n) is 1.17. The van der Waals surface area contributed by atoms with Crippen LogP contribution >= 0.6 is 12.2 Å². The molecule has 0 aromatic heterocycles. The summed E-state index contributed by atoms with van der Waals surface area (Å²) in [6.07, 6.45) is 0. The van der Waals surface area contributed by atoms with E-state index in [0.717, 1.165) is 9.87 Å². The van der Waals surface area contributed by atoms with Gasteiger partial charge in [0.15, 0.2) is 0 Å². The van der Waals surface area contributed by atoms with E-state index in [4.69, 9.17) is 23.1 Å². The lowest BCUT2D eigenvalue weighted by Crippen LogP contribution is -2.32. The van der Waals surface area contributed by atoms with E-state index >= 15 is 0 Å². The van der Waals surface area contributed by atoms with Gasteiger partial charge in [0.1, 0.15) is 4.99 Å². The molecule has 0 spiro atoms. The summed E-state index contributed by atoms with van der Waals surface area (Å²) in [4.78, 5) is 0.278. The summed E-state index contributed by atoms with van der Waals surface area (Å²) < 4.78 is 23.1. The largest absolute Gasteiger partial charge is 0.389 e. The SMILES string of the molecule is CN(Cc1cccc(C(N)=S)c1)S(N)(=O)=O. The van der Waals surface area contributed by atoms with Crippen LogP contribution in [-0.4, -0.2) is 24.8 Å². The average Bonchev–Trinajstić information content (AvgIpc) is 2.16. The number of hydrogen-bond acceptors (Lipinski definition) is 3. The van der Waals surface area contributed by atoms with Crippen molar-refractivity contribution in [3.05, 3.63) is 35.4 Å². The zero-order chi connectivity index (χ0) is 12.3. The van der Waals surface area contributed by atoms with Gasteiger partial charge < -0.3 is 5.73 Å². The number of nitrogens with two attached hydrogens (primary N) is 2. The molecule has 1 aromatic carbocycles. The predicted octanol–water partition coefficient (Wildman–Crippen LogP) is -0.0439. The normalized spacial score (nSPS) is 11.7. The summed E-state index contributed by atoms with van der Waals surface area (Å²) in [5.41, 5.74) is 6.96. The minimum absolute atomic E-state index is 0.190. The average molecular weight is 259 g/mol. The van der Waals surface area contributed by atoms with Gasteiger partial charge in [-0.1, -0.05) is 30.4 Å². The maximum absolute atomic E-state index is 11.0. The van der Waals surface area contributed by atoms with Crippen molar-refractivity contribution < 1.29 is 8.42 Å². The van der Waals surface area contributed by atoms with Crippen molar-refractivity contribution in [2.24, 2.45) is 10.9 Å². The smallest absolute Gasteiger partial charge is 0.276 e. The van der Waals surface area contributed by atoms with Gasteiger partial charge in [-0.3, -0.25) is 0 Å². The summed E-state index contributed by atoms with van der Waals surface area (Å²) in [6, 6.07) is 7.05. The number of benzene rings is 1. The lowest BCUT2D eigenvalue weighted by Gasteiger charge is -2.13. The van der Waals surface area contributed by atoms with E-state index in [-0.39, 0.29) is 11.5 Å². The molecule has 0 aliphatic rings. The number of rotatable bonds is 4. The van der Waals surface area contributed by atoms with Crippen LogP contribution in [0.5, 0.6) is 0 Å². The van der Waals surface area contributed by atoms with Gasteiger partial charge in [0, 0.05) is 19.2 Å². The maximum atomic E-state index is 11.0. The second-order valence-electron chi connectivity index (χ2n) is 3.37. The molecule has 0 amide bonds. The Morgan fingerprint density at radius 2 is 2.12 bits per heavy atom. The third-order valence-electron chi connectivity index (χ3n) is 2.05. The Morgan fingerprint density at radius 3 is 2.62 bits per heavy atom. The van der Waals surface area contributed by atoms with Crippen molar-refractivity contribution in [2.75, 3.05) is 7.05 Å². The molecule has 0 aliphatic heterocycles. The third-order valence-corrected chi connectivity index (χ3v) is 3.28. The molecular weight excluding hydrogens is 246 g/mol. The molecule has 0 fully saturated rings. The summed E-state index contributed by atoms with van der Waals surface area (Å²) in [5, 5.41) is 4.97. The van der Waals surface area contributed by atoms with E-state index in [1.165, 1.54) is 7.05 Å². The molecule has 88 valence electrons. The quantitative estimate of drug-likeness (QED) is 0.742. The molecule has 0 aliphatic carbocycles. The molecule has 1 rings (SSSR count). The Balaban J connectivity index is 2.90. The first-order valence-electron chi connectivity index (χ1n) is 4.43. The molecule has 7 heteroatoms. The monoisotopic (exact) mass is 259 g/mol. The third kappa shape index (κ3) is 3.53. The second-order valence-corrected chi connectivity index (χ2v) is 5.46. The van der Waals surface area contributed by atoms with E-state index in [9.17, 15) is 8.42 Å². The van der Waals surface area contributed by atoms with Crippen LogP contribution in [0.1, 0.15) is 11.1 Å². The summed E-state index contributed by atoms with van der Waals surface area (Å²) in [7, 11) is -2.26. The van der Waals surface area contributed by atoms with Gasteiger partial charge in [0.2, 0.25) is 0 Å². The molecule has 0 saturated heterocycles. The lowest BCUT2D eigenvalue weighted by molar-refractivity contribution is 0.468. The Kier molecular flexibility index (Phi) is 3.98. The number of nitrogens with zero attached hydrogens (tertiary/aromatic N) is 1. The molecule has 0 atom stereocenters. The van der Waals surface area contributed by atoms with Crippen molar-refractivity contribution in [1.29, 1.82) is 0 Å². The molecule has 5 nitrogen and oxygen atoms in total. The van der Waals surface area contributed by atoms with Gasteiger partial charge >= 0.3 is 0 Å².